The van der Waals surface area contributed by atoms with Crippen molar-refractivity contribution in [2.24, 2.45) is 0 Å². The number of aromatic nitrogens is 2. The van der Waals surface area contributed by atoms with Crippen molar-refractivity contribution in [3.05, 3.63) is 82.6 Å². The summed E-state index contributed by atoms with van der Waals surface area (Å²) in [4.78, 5) is 19.3. The van der Waals surface area contributed by atoms with Crippen molar-refractivity contribution in [2.75, 3.05) is 0 Å². The first-order valence-corrected chi connectivity index (χ1v) is 13.1. The smallest absolute Gasteiger partial charge is 0.228 e. The van der Waals surface area contributed by atoms with Crippen LogP contribution in [-0.2, 0) is 33.4 Å². The van der Waals surface area contributed by atoms with Gasteiger partial charge in [-0.2, -0.15) is 0 Å². The lowest BCUT2D eigenvalue weighted by atomic mass is 10.1. The normalized spacial score (nSPS) is 13.9. The molecule has 1 amide bonds. The van der Waals surface area contributed by atoms with Crippen LogP contribution in [0.15, 0.2) is 66.0 Å². The molecule has 174 valence electrons. The molecule has 1 heterocycles. The van der Waals surface area contributed by atoms with Gasteiger partial charge in [-0.05, 0) is 49.9 Å². The SMILES string of the molecule is CC(C)n1c(CN(C(=O)Cc2ccccc2)C2CC2)cnc1S(=O)(=O)Cc1cccc(Cl)c1. The van der Waals surface area contributed by atoms with E-state index in [0.717, 1.165) is 24.1 Å². The largest absolute Gasteiger partial charge is 0.334 e. The standard InChI is InChI=1S/C25H28ClN3O3S/c1-18(2)29-23(15-27-25(29)33(31,32)17-20-9-6-10-21(26)13-20)16-28(22-11-12-22)24(30)14-19-7-4-3-5-8-19/h3-10,13,15,18,22H,11-12,14,16-17H2,1-2H3. The summed E-state index contributed by atoms with van der Waals surface area (Å²) in [5.41, 5.74) is 2.30. The Bertz CT molecular complexity index is 1230. The summed E-state index contributed by atoms with van der Waals surface area (Å²) in [6, 6.07) is 16.6. The molecule has 0 aliphatic heterocycles. The Hall–Kier alpha value is -2.64. The quantitative estimate of drug-likeness (QED) is 0.435. The fourth-order valence-corrected chi connectivity index (χ4v) is 5.84. The first-order valence-electron chi connectivity index (χ1n) is 11.1. The predicted octanol–water partition coefficient (Wildman–Crippen LogP) is 4.83. The van der Waals surface area contributed by atoms with Crippen molar-refractivity contribution < 1.29 is 13.2 Å². The second kappa shape index (κ2) is 9.69. The van der Waals surface area contributed by atoms with Crippen molar-refractivity contribution in [1.82, 2.24) is 14.5 Å². The highest BCUT2D eigenvalue weighted by molar-refractivity contribution is 7.90. The van der Waals surface area contributed by atoms with Gasteiger partial charge >= 0.3 is 0 Å². The molecule has 4 rings (SSSR count). The van der Waals surface area contributed by atoms with Gasteiger partial charge in [0.2, 0.25) is 20.9 Å². The third-order valence-corrected chi connectivity index (χ3v) is 7.53. The van der Waals surface area contributed by atoms with Gasteiger partial charge in [-0.1, -0.05) is 54.1 Å². The summed E-state index contributed by atoms with van der Waals surface area (Å²) in [7, 11) is -3.70. The molecular weight excluding hydrogens is 458 g/mol. The summed E-state index contributed by atoms with van der Waals surface area (Å²) in [5, 5.41) is 0.520. The van der Waals surface area contributed by atoms with Crippen LogP contribution < -0.4 is 0 Å². The summed E-state index contributed by atoms with van der Waals surface area (Å²) in [6.07, 6.45) is 3.86. The van der Waals surface area contributed by atoms with Gasteiger partial charge in [-0.15, -0.1) is 0 Å². The fourth-order valence-electron chi connectivity index (χ4n) is 4.04. The van der Waals surface area contributed by atoms with E-state index >= 15 is 0 Å². The summed E-state index contributed by atoms with van der Waals surface area (Å²) in [5.74, 6) is -0.140. The van der Waals surface area contributed by atoms with Crippen LogP contribution in [0.1, 0.15) is 49.6 Å². The minimum atomic E-state index is -3.70. The number of imidazole rings is 1. The maximum Gasteiger partial charge on any atom is 0.228 e. The zero-order valence-electron chi connectivity index (χ0n) is 18.8. The lowest BCUT2D eigenvalue weighted by Crippen LogP contribution is -2.34. The van der Waals surface area contributed by atoms with E-state index in [9.17, 15) is 13.2 Å². The first kappa shape index (κ1) is 23.5. The van der Waals surface area contributed by atoms with Gasteiger partial charge in [0.05, 0.1) is 30.6 Å². The van der Waals surface area contributed by atoms with Gasteiger partial charge in [0, 0.05) is 17.1 Å². The van der Waals surface area contributed by atoms with Crippen molar-refractivity contribution >= 4 is 27.3 Å². The zero-order valence-corrected chi connectivity index (χ0v) is 20.4. The molecule has 33 heavy (non-hydrogen) atoms. The Labute approximate surface area is 200 Å². The number of carbonyl (C=O) groups excluding carboxylic acids is 1. The molecule has 0 spiro atoms. The number of hydrogen-bond acceptors (Lipinski definition) is 4. The number of amides is 1. The lowest BCUT2D eigenvalue weighted by Gasteiger charge is -2.24. The number of carbonyl (C=O) groups is 1. The van der Waals surface area contributed by atoms with Crippen LogP contribution in [0.5, 0.6) is 0 Å². The topological polar surface area (TPSA) is 72.3 Å². The minimum absolute atomic E-state index is 0.0266. The van der Waals surface area contributed by atoms with Crippen LogP contribution in [0.2, 0.25) is 5.02 Å². The molecule has 0 unspecified atom stereocenters. The second-order valence-corrected chi connectivity index (χ2v) is 11.1. The Morgan fingerprint density at radius 2 is 1.82 bits per heavy atom. The summed E-state index contributed by atoms with van der Waals surface area (Å²) in [6.45, 7) is 4.20. The lowest BCUT2D eigenvalue weighted by molar-refractivity contribution is -0.131. The average molecular weight is 486 g/mol. The number of hydrogen-bond donors (Lipinski definition) is 0. The molecule has 1 aliphatic rings. The molecule has 1 saturated carbocycles. The molecule has 0 N–H and O–H groups in total. The molecule has 6 nitrogen and oxygen atoms in total. The molecule has 0 atom stereocenters. The van der Waals surface area contributed by atoms with E-state index in [1.807, 2.05) is 49.1 Å². The molecule has 3 aromatic rings. The van der Waals surface area contributed by atoms with Crippen LogP contribution in [0.25, 0.3) is 0 Å². The van der Waals surface area contributed by atoms with Crippen LogP contribution in [0, 0.1) is 0 Å². The Morgan fingerprint density at radius 3 is 2.45 bits per heavy atom. The third kappa shape index (κ3) is 5.65. The van der Waals surface area contributed by atoms with Crippen molar-refractivity contribution in [3.63, 3.8) is 0 Å². The van der Waals surface area contributed by atoms with E-state index in [2.05, 4.69) is 4.98 Å². The minimum Gasteiger partial charge on any atom is -0.334 e. The van der Waals surface area contributed by atoms with Crippen molar-refractivity contribution in [2.45, 2.75) is 62.6 Å². The van der Waals surface area contributed by atoms with Crippen LogP contribution >= 0.6 is 11.6 Å². The van der Waals surface area contributed by atoms with E-state index < -0.39 is 9.84 Å². The molecule has 8 heteroatoms. The monoisotopic (exact) mass is 485 g/mol. The Kier molecular flexibility index (Phi) is 6.91. The maximum absolute atomic E-state index is 13.3. The highest BCUT2D eigenvalue weighted by Gasteiger charge is 2.34. The average Bonchev–Trinajstić information content (AvgIpc) is 3.50. The molecule has 1 aromatic heterocycles. The van der Waals surface area contributed by atoms with Crippen molar-refractivity contribution in [1.29, 1.82) is 0 Å². The zero-order chi connectivity index (χ0) is 23.6. The van der Waals surface area contributed by atoms with Gasteiger partial charge in [0.25, 0.3) is 0 Å². The highest BCUT2D eigenvalue weighted by atomic mass is 35.5. The number of sulfone groups is 1. The van der Waals surface area contributed by atoms with Gasteiger partial charge in [0.15, 0.2) is 0 Å². The molecular formula is C25H28ClN3O3S. The number of nitrogens with zero attached hydrogens (tertiary/aromatic N) is 3. The van der Waals surface area contributed by atoms with E-state index in [1.165, 1.54) is 0 Å². The summed E-state index contributed by atoms with van der Waals surface area (Å²) >= 11 is 6.03. The van der Waals surface area contributed by atoms with Crippen LogP contribution in [0.4, 0.5) is 0 Å². The molecule has 0 saturated heterocycles. The molecule has 1 fully saturated rings. The number of halogens is 1. The van der Waals surface area contributed by atoms with Gasteiger partial charge in [-0.3, -0.25) is 4.79 Å². The van der Waals surface area contributed by atoms with Crippen LogP contribution in [-0.4, -0.2) is 34.8 Å². The van der Waals surface area contributed by atoms with Gasteiger partial charge in [0.1, 0.15) is 0 Å². The molecule has 1 aliphatic carbocycles. The Morgan fingerprint density at radius 1 is 1.12 bits per heavy atom. The third-order valence-electron chi connectivity index (χ3n) is 5.72. The number of rotatable bonds is 9. The fraction of sp³-hybridized carbons (Fsp3) is 0.360. The number of benzene rings is 2. The molecule has 2 aromatic carbocycles. The highest BCUT2D eigenvalue weighted by Crippen LogP contribution is 2.31. The van der Waals surface area contributed by atoms with E-state index in [-0.39, 0.29) is 28.9 Å². The van der Waals surface area contributed by atoms with Crippen LogP contribution in [0.3, 0.4) is 0 Å². The van der Waals surface area contributed by atoms with Gasteiger partial charge in [-0.25, -0.2) is 13.4 Å². The van der Waals surface area contributed by atoms with E-state index in [1.54, 1.807) is 35.0 Å². The maximum atomic E-state index is 13.3. The van der Waals surface area contributed by atoms with Gasteiger partial charge < -0.3 is 9.47 Å². The second-order valence-electron chi connectivity index (χ2n) is 8.80. The van der Waals surface area contributed by atoms with E-state index in [4.69, 9.17) is 11.6 Å². The predicted molar refractivity (Wildman–Crippen MR) is 129 cm³/mol. The Balaban J connectivity index is 1.59. The van der Waals surface area contributed by atoms with E-state index in [0.29, 0.717) is 23.6 Å². The van der Waals surface area contributed by atoms with Crippen molar-refractivity contribution in [3.8, 4) is 0 Å². The summed E-state index contributed by atoms with van der Waals surface area (Å²) < 4.78 is 28.2. The first-order chi connectivity index (χ1) is 15.7. The molecule has 0 radical (unpaired) electrons. The molecule has 0 bridgehead atoms.